The molecule has 124 valence electrons. The van der Waals surface area contributed by atoms with Gasteiger partial charge in [-0.3, -0.25) is 0 Å². The number of amides is 1. The van der Waals surface area contributed by atoms with E-state index in [0.717, 1.165) is 12.0 Å². The maximum absolute atomic E-state index is 11.7. The van der Waals surface area contributed by atoms with Gasteiger partial charge in [0.25, 0.3) is 0 Å². The van der Waals surface area contributed by atoms with E-state index in [9.17, 15) is 4.79 Å². The number of benzene rings is 1. The molecule has 0 aliphatic heterocycles. The van der Waals surface area contributed by atoms with E-state index in [1.165, 1.54) is 0 Å². The SMILES string of the molecule is CCC(CNC(=O)OC(C)(C)C)NCc1c(Cl)cccc1Cl. The third kappa shape index (κ3) is 6.86. The average Bonchev–Trinajstić information content (AvgIpc) is 2.39. The molecule has 0 bridgehead atoms. The number of carbonyl (C=O) groups excluding carboxylic acids is 1. The van der Waals surface area contributed by atoms with Crippen LogP contribution in [0.4, 0.5) is 4.79 Å². The van der Waals surface area contributed by atoms with E-state index in [0.29, 0.717) is 23.1 Å². The summed E-state index contributed by atoms with van der Waals surface area (Å²) >= 11 is 12.3. The molecule has 2 N–H and O–H groups in total. The largest absolute Gasteiger partial charge is 0.444 e. The van der Waals surface area contributed by atoms with Crippen LogP contribution in [0.3, 0.4) is 0 Å². The van der Waals surface area contributed by atoms with Gasteiger partial charge in [0.15, 0.2) is 0 Å². The molecule has 0 fully saturated rings. The first-order valence-corrected chi connectivity index (χ1v) is 8.11. The minimum absolute atomic E-state index is 0.111. The summed E-state index contributed by atoms with van der Waals surface area (Å²) in [5.41, 5.74) is 0.367. The lowest BCUT2D eigenvalue weighted by Crippen LogP contribution is -2.42. The van der Waals surface area contributed by atoms with Crippen molar-refractivity contribution in [2.45, 2.75) is 52.3 Å². The highest BCUT2D eigenvalue weighted by molar-refractivity contribution is 6.35. The fourth-order valence-corrected chi connectivity index (χ4v) is 2.36. The Labute approximate surface area is 142 Å². The summed E-state index contributed by atoms with van der Waals surface area (Å²) in [4.78, 5) is 11.7. The van der Waals surface area contributed by atoms with Crippen LogP contribution in [0.15, 0.2) is 18.2 Å². The van der Waals surface area contributed by atoms with Crippen LogP contribution in [0, 0.1) is 0 Å². The summed E-state index contributed by atoms with van der Waals surface area (Å²) in [6.07, 6.45) is 0.446. The van der Waals surface area contributed by atoms with Crippen LogP contribution in [0.1, 0.15) is 39.7 Å². The molecule has 0 heterocycles. The average molecular weight is 347 g/mol. The first-order valence-electron chi connectivity index (χ1n) is 7.36. The second-order valence-electron chi connectivity index (χ2n) is 6.07. The predicted octanol–water partition coefficient (Wildman–Crippen LogP) is 4.39. The lowest BCUT2D eigenvalue weighted by Gasteiger charge is -2.22. The zero-order valence-corrected chi connectivity index (χ0v) is 15.0. The summed E-state index contributed by atoms with van der Waals surface area (Å²) in [5, 5.41) is 7.38. The van der Waals surface area contributed by atoms with Gasteiger partial charge in [-0.15, -0.1) is 0 Å². The number of carbonyl (C=O) groups is 1. The normalized spacial score (nSPS) is 12.8. The molecule has 0 aliphatic carbocycles. The maximum Gasteiger partial charge on any atom is 0.407 e. The number of alkyl carbamates (subject to hydrolysis) is 1. The van der Waals surface area contributed by atoms with Gasteiger partial charge < -0.3 is 15.4 Å². The monoisotopic (exact) mass is 346 g/mol. The predicted molar refractivity (Wildman–Crippen MR) is 91.6 cm³/mol. The van der Waals surface area contributed by atoms with Crippen molar-refractivity contribution >= 4 is 29.3 Å². The highest BCUT2D eigenvalue weighted by Crippen LogP contribution is 2.24. The van der Waals surface area contributed by atoms with Crippen molar-refractivity contribution in [2.24, 2.45) is 0 Å². The summed E-state index contributed by atoms with van der Waals surface area (Å²) < 4.78 is 5.21. The van der Waals surface area contributed by atoms with Crippen molar-refractivity contribution in [3.63, 3.8) is 0 Å². The van der Waals surface area contributed by atoms with Crippen LogP contribution in [0.2, 0.25) is 10.0 Å². The van der Waals surface area contributed by atoms with Gasteiger partial charge in [0, 0.05) is 34.7 Å². The molecule has 0 aromatic heterocycles. The summed E-state index contributed by atoms with van der Waals surface area (Å²) in [5.74, 6) is 0. The van der Waals surface area contributed by atoms with Gasteiger partial charge in [-0.1, -0.05) is 36.2 Å². The van der Waals surface area contributed by atoms with Crippen molar-refractivity contribution in [2.75, 3.05) is 6.54 Å². The Balaban J connectivity index is 2.47. The van der Waals surface area contributed by atoms with Gasteiger partial charge >= 0.3 is 6.09 Å². The Morgan fingerprint density at radius 1 is 1.27 bits per heavy atom. The maximum atomic E-state index is 11.7. The number of hydrogen-bond donors (Lipinski definition) is 2. The molecule has 1 atom stereocenters. The number of rotatable bonds is 6. The topological polar surface area (TPSA) is 50.4 Å². The van der Waals surface area contributed by atoms with Gasteiger partial charge in [-0.2, -0.15) is 0 Å². The van der Waals surface area contributed by atoms with Crippen LogP contribution in [0.25, 0.3) is 0 Å². The van der Waals surface area contributed by atoms with Gasteiger partial charge in [0.1, 0.15) is 5.60 Å². The van der Waals surface area contributed by atoms with E-state index in [1.807, 2.05) is 45.9 Å². The molecule has 0 radical (unpaired) electrons. The molecule has 1 rings (SSSR count). The Kier molecular flexibility index (Phi) is 7.46. The molecule has 4 nitrogen and oxygen atoms in total. The van der Waals surface area contributed by atoms with E-state index in [-0.39, 0.29) is 6.04 Å². The highest BCUT2D eigenvalue weighted by Gasteiger charge is 2.17. The number of hydrogen-bond acceptors (Lipinski definition) is 3. The Hall–Kier alpha value is -0.970. The molecule has 0 saturated carbocycles. The Morgan fingerprint density at radius 2 is 1.86 bits per heavy atom. The zero-order valence-electron chi connectivity index (χ0n) is 13.5. The summed E-state index contributed by atoms with van der Waals surface area (Å²) in [7, 11) is 0. The molecule has 1 aromatic rings. The van der Waals surface area contributed by atoms with Crippen molar-refractivity contribution in [1.29, 1.82) is 0 Å². The highest BCUT2D eigenvalue weighted by atomic mass is 35.5. The number of halogens is 2. The number of ether oxygens (including phenoxy) is 1. The van der Waals surface area contributed by atoms with Gasteiger partial charge in [-0.05, 0) is 39.3 Å². The standard InChI is InChI=1S/C16H24Cl2N2O2/c1-5-11(9-20-15(21)22-16(2,3)4)19-10-12-13(17)7-6-8-14(12)18/h6-8,11,19H,5,9-10H2,1-4H3,(H,20,21). The van der Waals surface area contributed by atoms with Crippen LogP contribution < -0.4 is 10.6 Å². The van der Waals surface area contributed by atoms with Crippen LogP contribution >= 0.6 is 23.2 Å². The number of nitrogens with one attached hydrogen (secondary N) is 2. The molecule has 1 aromatic carbocycles. The molecule has 6 heteroatoms. The van der Waals surface area contributed by atoms with Crippen molar-refractivity contribution < 1.29 is 9.53 Å². The molecular formula is C16H24Cl2N2O2. The van der Waals surface area contributed by atoms with Crippen LogP contribution in [0.5, 0.6) is 0 Å². The first kappa shape index (κ1) is 19.1. The molecule has 1 unspecified atom stereocenters. The molecule has 1 amide bonds. The first-order chi connectivity index (χ1) is 10.2. The van der Waals surface area contributed by atoms with E-state index in [1.54, 1.807) is 0 Å². The second-order valence-corrected chi connectivity index (χ2v) is 6.88. The molecule has 0 saturated heterocycles. The Bertz CT molecular complexity index is 481. The van der Waals surface area contributed by atoms with E-state index in [2.05, 4.69) is 10.6 Å². The second kappa shape index (κ2) is 8.61. The molecular weight excluding hydrogens is 323 g/mol. The van der Waals surface area contributed by atoms with Crippen molar-refractivity contribution in [3.05, 3.63) is 33.8 Å². The van der Waals surface area contributed by atoms with E-state index < -0.39 is 11.7 Å². The van der Waals surface area contributed by atoms with Crippen molar-refractivity contribution in [3.8, 4) is 0 Å². The van der Waals surface area contributed by atoms with E-state index in [4.69, 9.17) is 27.9 Å². The minimum Gasteiger partial charge on any atom is -0.444 e. The van der Waals surface area contributed by atoms with Crippen LogP contribution in [-0.2, 0) is 11.3 Å². The smallest absolute Gasteiger partial charge is 0.407 e. The molecule has 0 spiro atoms. The molecule has 22 heavy (non-hydrogen) atoms. The fraction of sp³-hybridized carbons (Fsp3) is 0.562. The van der Waals surface area contributed by atoms with Gasteiger partial charge in [0.05, 0.1) is 0 Å². The van der Waals surface area contributed by atoms with Crippen LogP contribution in [-0.4, -0.2) is 24.3 Å². The van der Waals surface area contributed by atoms with Gasteiger partial charge in [-0.25, -0.2) is 4.79 Å². The minimum atomic E-state index is -0.496. The fourth-order valence-electron chi connectivity index (χ4n) is 1.83. The summed E-state index contributed by atoms with van der Waals surface area (Å²) in [6, 6.07) is 5.55. The Morgan fingerprint density at radius 3 is 2.36 bits per heavy atom. The van der Waals surface area contributed by atoms with Gasteiger partial charge in [0.2, 0.25) is 0 Å². The zero-order chi connectivity index (χ0) is 16.8. The van der Waals surface area contributed by atoms with Crippen molar-refractivity contribution in [1.82, 2.24) is 10.6 Å². The van der Waals surface area contributed by atoms with E-state index >= 15 is 0 Å². The third-order valence-corrected chi connectivity index (χ3v) is 3.72. The lowest BCUT2D eigenvalue weighted by molar-refractivity contribution is 0.0522. The quantitative estimate of drug-likeness (QED) is 0.803. The lowest BCUT2D eigenvalue weighted by atomic mass is 10.1. The summed E-state index contributed by atoms with van der Waals surface area (Å²) in [6.45, 7) is 8.58. The third-order valence-electron chi connectivity index (χ3n) is 3.01. The molecule has 0 aliphatic rings.